The lowest BCUT2D eigenvalue weighted by molar-refractivity contribution is 0.0655. The number of aryl methyl sites for hydroxylation is 3. The highest BCUT2D eigenvalue weighted by molar-refractivity contribution is 5.98. The number of rotatable bonds is 10. The van der Waals surface area contributed by atoms with Crippen LogP contribution in [0.3, 0.4) is 0 Å². The molecule has 1 fully saturated rings. The Morgan fingerprint density at radius 3 is 2.34 bits per heavy atom. The van der Waals surface area contributed by atoms with Gasteiger partial charge in [0.05, 0.1) is 5.56 Å². The van der Waals surface area contributed by atoms with Crippen molar-refractivity contribution in [3.63, 3.8) is 0 Å². The number of ether oxygens (including phenoxy) is 1. The van der Waals surface area contributed by atoms with E-state index >= 15 is 0 Å². The van der Waals surface area contributed by atoms with Gasteiger partial charge in [0.2, 0.25) is 0 Å². The van der Waals surface area contributed by atoms with Crippen LogP contribution in [-0.2, 0) is 6.42 Å². The van der Waals surface area contributed by atoms with Crippen LogP contribution in [0.15, 0.2) is 72.8 Å². The molecule has 4 rings (SSSR count). The molecule has 3 aromatic carbocycles. The van der Waals surface area contributed by atoms with Crippen molar-refractivity contribution >= 4 is 11.5 Å². The highest BCUT2D eigenvalue weighted by Crippen LogP contribution is 2.22. The third-order valence-corrected chi connectivity index (χ3v) is 6.68. The molecule has 5 heteroatoms. The Hall–Kier alpha value is -3.15. The minimum Gasteiger partial charge on any atom is -0.490 e. The Kier molecular flexibility index (Phi) is 8.56. The third-order valence-electron chi connectivity index (χ3n) is 6.68. The van der Waals surface area contributed by atoms with Crippen molar-refractivity contribution in [2.45, 2.75) is 32.8 Å². The van der Waals surface area contributed by atoms with Gasteiger partial charge in [-0.05, 0) is 49.6 Å². The summed E-state index contributed by atoms with van der Waals surface area (Å²) in [6.45, 7) is 8.62. The first-order valence-corrected chi connectivity index (χ1v) is 12.5. The smallest absolute Gasteiger partial charge is 0.166 e. The topological polar surface area (TPSA) is 53.0 Å². The van der Waals surface area contributed by atoms with Crippen molar-refractivity contribution in [2.24, 2.45) is 0 Å². The van der Waals surface area contributed by atoms with Gasteiger partial charge in [-0.15, -0.1) is 0 Å². The van der Waals surface area contributed by atoms with Crippen molar-refractivity contribution in [3.8, 4) is 5.75 Å². The molecule has 0 spiro atoms. The lowest BCUT2D eigenvalue weighted by Crippen LogP contribution is -2.49. The average Bonchev–Trinajstić information content (AvgIpc) is 2.88. The van der Waals surface area contributed by atoms with E-state index in [1.54, 1.807) is 0 Å². The fourth-order valence-corrected chi connectivity index (χ4v) is 4.60. The van der Waals surface area contributed by atoms with Gasteiger partial charge in [0.25, 0.3) is 0 Å². The van der Waals surface area contributed by atoms with E-state index in [4.69, 9.17) is 4.74 Å². The summed E-state index contributed by atoms with van der Waals surface area (Å²) in [6, 6.07) is 24.1. The largest absolute Gasteiger partial charge is 0.490 e. The van der Waals surface area contributed by atoms with Crippen LogP contribution in [0.25, 0.3) is 0 Å². The van der Waals surface area contributed by atoms with Crippen LogP contribution >= 0.6 is 0 Å². The fraction of sp³-hybridized carbons (Fsp3) is 0.367. The van der Waals surface area contributed by atoms with Gasteiger partial charge in [0.15, 0.2) is 5.78 Å². The highest BCUT2D eigenvalue weighted by atomic mass is 16.5. The van der Waals surface area contributed by atoms with Gasteiger partial charge in [-0.25, -0.2) is 0 Å². The van der Waals surface area contributed by atoms with Crippen LogP contribution < -0.4 is 9.64 Å². The van der Waals surface area contributed by atoms with E-state index in [9.17, 15) is 9.90 Å². The molecule has 0 saturated carbocycles. The van der Waals surface area contributed by atoms with E-state index in [-0.39, 0.29) is 12.4 Å². The summed E-state index contributed by atoms with van der Waals surface area (Å²) in [6.07, 6.45) is 0.512. The molecule has 1 heterocycles. The normalized spacial score (nSPS) is 15.1. The summed E-state index contributed by atoms with van der Waals surface area (Å²) in [5, 5.41) is 10.6. The molecule has 184 valence electrons. The summed E-state index contributed by atoms with van der Waals surface area (Å²) in [7, 11) is 0. The monoisotopic (exact) mass is 472 g/mol. The number of para-hydroxylation sites is 2. The van der Waals surface area contributed by atoms with E-state index in [0.717, 1.165) is 31.7 Å². The molecule has 1 N–H and O–H groups in total. The quantitative estimate of drug-likeness (QED) is 0.434. The zero-order valence-corrected chi connectivity index (χ0v) is 20.8. The Morgan fingerprint density at radius 2 is 1.60 bits per heavy atom. The van der Waals surface area contributed by atoms with Gasteiger partial charge >= 0.3 is 0 Å². The van der Waals surface area contributed by atoms with Gasteiger partial charge in [-0.3, -0.25) is 9.69 Å². The molecule has 1 aliphatic rings. The number of carbonyl (C=O) groups is 1. The van der Waals surface area contributed by atoms with Crippen LogP contribution in [0, 0.1) is 13.8 Å². The number of aliphatic hydroxyl groups excluding tert-OH is 1. The summed E-state index contributed by atoms with van der Waals surface area (Å²) in [4.78, 5) is 17.6. The number of benzene rings is 3. The number of anilines is 1. The first-order valence-electron chi connectivity index (χ1n) is 12.5. The molecule has 1 atom stereocenters. The summed E-state index contributed by atoms with van der Waals surface area (Å²) < 4.78 is 5.93. The second-order valence-corrected chi connectivity index (χ2v) is 9.44. The molecule has 0 unspecified atom stereocenters. The highest BCUT2D eigenvalue weighted by Gasteiger charge is 2.21. The van der Waals surface area contributed by atoms with Crippen LogP contribution in [-0.4, -0.2) is 61.2 Å². The predicted molar refractivity (Wildman–Crippen MR) is 142 cm³/mol. The van der Waals surface area contributed by atoms with E-state index in [2.05, 4.69) is 72.2 Å². The fourth-order valence-electron chi connectivity index (χ4n) is 4.60. The molecule has 0 amide bonds. The number of hydrogen-bond acceptors (Lipinski definition) is 5. The minimum absolute atomic E-state index is 0.0583. The second-order valence-electron chi connectivity index (χ2n) is 9.44. The van der Waals surface area contributed by atoms with Gasteiger partial charge in [0, 0.05) is 44.8 Å². The summed E-state index contributed by atoms with van der Waals surface area (Å²) >= 11 is 0. The van der Waals surface area contributed by atoms with Crippen LogP contribution in [0.2, 0.25) is 0 Å². The standard InChI is InChI=1S/C30H36N2O3/c1-23-11-13-25(14-12-23)15-16-29(34)27-8-4-6-10-30(27)35-22-26(33)21-31-17-19-32(20-18-31)28-9-5-3-7-24(28)2/h3-14,26,33H,15-22H2,1-2H3/t26-/m1/s1. The van der Waals surface area contributed by atoms with Crippen molar-refractivity contribution < 1.29 is 14.6 Å². The maximum absolute atomic E-state index is 12.9. The van der Waals surface area contributed by atoms with Crippen molar-refractivity contribution in [1.82, 2.24) is 4.90 Å². The molecule has 0 aliphatic carbocycles. The summed E-state index contributed by atoms with van der Waals surface area (Å²) in [5.74, 6) is 0.604. The molecule has 35 heavy (non-hydrogen) atoms. The first-order chi connectivity index (χ1) is 17.0. The average molecular weight is 473 g/mol. The number of ketones is 1. The second kappa shape index (κ2) is 12.0. The number of aliphatic hydroxyl groups is 1. The molecule has 0 radical (unpaired) electrons. The van der Waals surface area contributed by atoms with E-state index in [1.807, 2.05) is 24.3 Å². The lowest BCUT2D eigenvalue weighted by atomic mass is 10.0. The molecule has 0 aromatic heterocycles. The molecule has 5 nitrogen and oxygen atoms in total. The minimum atomic E-state index is -0.615. The van der Waals surface area contributed by atoms with E-state index in [1.165, 1.54) is 16.8 Å². The van der Waals surface area contributed by atoms with Gasteiger partial charge in [0.1, 0.15) is 18.5 Å². The zero-order chi connectivity index (χ0) is 24.6. The Morgan fingerprint density at radius 1 is 0.914 bits per heavy atom. The number of piperazine rings is 1. The van der Waals surface area contributed by atoms with Crippen LogP contribution in [0.4, 0.5) is 5.69 Å². The first kappa shape index (κ1) is 25.0. The van der Waals surface area contributed by atoms with Crippen molar-refractivity contribution in [3.05, 3.63) is 95.1 Å². The van der Waals surface area contributed by atoms with Crippen molar-refractivity contribution in [2.75, 3.05) is 44.2 Å². The predicted octanol–water partition coefficient (Wildman–Crippen LogP) is 4.68. The number of hydrogen-bond donors (Lipinski definition) is 1. The SMILES string of the molecule is Cc1ccc(CCC(=O)c2ccccc2OC[C@H](O)CN2CCN(c3ccccc3C)CC2)cc1. The molecular formula is C30H36N2O3. The van der Waals surface area contributed by atoms with Gasteiger partial charge in [-0.2, -0.15) is 0 Å². The molecular weight excluding hydrogens is 436 g/mol. The maximum atomic E-state index is 12.9. The van der Waals surface area contributed by atoms with E-state index < -0.39 is 6.10 Å². The van der Waals surface area contributed by atoms with Gasteiger partial charge < -0.3 is 14.7 Å². The number of nitrogens with zero attached hydrogens (tertiary/aromatic N) is 2. The van der Waals surface area contributed by atoms with Crippen LogP contribution in [0.5, 0.6) is 5.75 Å². The maximum Gasteiger partial charge on any atom is 0.166 e. The Balaban J connectivity index is 1.25. The molecule has 1 saturated heterocycles. The zero-order valence-electron chi connectivity index (χ0n) is 20.8. The molecule has 3 aromatic rings. The molecule has 0 bridgehead atoms. The number of Topliss-reactive ketones (excluding diaryl/α,β-unsaturated/α-hetero) is 1. The summed E-state index contributed by atoms with van der Waals surface area (Å²) in [5.41, 5.74) is 5.53. The lowest BCUT2D eigenvalue weighted by Gasteiger charge is -2.37. The number of β-amino-alcohol motifs (C(OH)–C–C–N with tert-alkyl or cyclic N) is 1. The number of carbonyl (C=O) groups excluding carboxylic acids is 1. The Labute approximate surface area is 209 Å². The van der Waals surface area contributed by atoms with E-state index in [0.29, 0.717) is 30.7 Å². The van der Waals surface area contributed by atoms with Gasteiger partial charge in [-0.1, -0.05) is 60.2 Å². The van der Waals surface area contributed by atoms with Crippen LogP contribution in [0.1, 0.15) is 33.5 Å². The third kappa shape index (κ3) is 6.93. The molecule has 1 aliphatic heterocycles. The Bertz CT molecular complexity index is 1100. The van der Waals surface area contributed by atoms with Crippen molar-refractivity contribution in [1.29, 1.82) is 0 Å².